The highest BCUT2D eigenvalue weighted by Crippen LogP contribution is 2.39. The fraction of sp³-hybridized carbons (Fsp3) is 0.400. The Kier molecular flexibility index (Phi) is 4.89. The molecule has 0 spiro atoms. The van der Waals surface area contributed by atoms with Crippen molar-refractivity contribution in [3.05, 3.63) is 12.7 Å². The molecular weight excluding hydrogens is 182 g/mol. The second kappa shape index (κ2) is 5.14. The lowest BCUT2D eigenvalue weighted by Gasteiger charge is -2.07. The quantitative estimate of drug-likeness (QED) is 0.382. The summed E-state index contributed by atoms with van der Waals surface area (Å²) in [6, 6.07) is 0. The highest BCUT2D eigenvalue weighted by Gasteiger charge is 2.24. The van der Waals surface area contributed by atoms with Gasteiger partial charge in [0, 0.05) is 6.08 Å². The first-order valence-corrected chi connectivity index (χ1v) is 5.03. The first-order chi connectivity index (χ1) is 5.52. The molecule has 68 valence electrons. The maximum Gasteiger partial charge on any atom is 0.478 e. The van der Waals surface area contributed by atoms with Crippen LogP contribution in [0.2, 0.25) is 0 Å². The van der Waals surface area contributed by atoms with Gasteiger partial charge in [-0.05, 0) is 6.92 Å². The van der Waals surface area contributed by atoms with Gasteiger partial charge in [-0.2, -0.15) is 0 Å². The van der Waals surface area contributed by atoms with Gasteiger partial charge in [0.05, 0.1) is 6.61 Å². The minimum Gasteiger partial charge on any atom is -0.522 e. The maximum absolute atomic E-state index is 10.9. The van der Waals surface area contributed by atoms with Crippen molar-refractivity contribution in [2.45, 2.75) is 6.92 Å². The van der Waals surface area contributed by atoms with Crippen molar-refractivity contribution in [3.8, 4) is 0 Å². The van der Waals surface area contributed by atoms with Gasteiger partial charge in [0.1, 0.15) is 0 Å². The van der Waals surface area contributed by atoms with Crippen LogP contribution in [0.25, 0.3) is 0 Å². The number of hydrogen-bond acceptors (Lipinski definition) is 4. The van der Waals surface area contributed by atoms with Crippen LogP contribution in [0, 0.1) is 0 Å². The third-order valence-corrected chi connectivity index (χ3v) is 1.98. The van der Waals surface area contributed by atoms with E-state index in [0.29, 0.717) is 0 Å². The molecule has 0 heterocycles. The van der Waals surface area contributed by atoms with Crippen LogP contribution in [0.4, 0.5) is 0 Å². The molecule has 0 bridgehead atoms. The smallest absolute Gasteiger partial charge is 0.478 e. The van der Waals surface area contributed by atoms with Crippen LogP contribution in [0.1, 0.15) is 6.92 Å². The molecule has 0 aromatic heterocycles. The van der Waals surface area contributed by atoms with Gasteiger partial charge in [-0.1, -0.05) is 6.58 Å². The zero-order valence-corrected chi connectivity index (χ0v) is 7.62. The molecule has 1 atom stereocenters. The van der Waals surface area contributed by atoms with Crippen LogP contribution in [0.3, 0.4) is 0 Å². The average molecular weight is 192 g/mol. The van der Waals surface area contributed by atoms with E-state index in [4.69, 9.17) is 4.89 Å². The molecule has 0 aromatic carbocycles. The van der Waals surface area contributed by atoms with Crippen molar-refractivity contribution >= 4 is 20.6 Å². The molecule has 1 unspecified atom stereocenters. The molecule has 0 aromatic rings. The van der Waals surface area contributed by atoms with Gasteiger partial charge in [-0.25, -0.2) is 4.79 Å². The van der Waals surface area contributed by atoms with Gasteiger partial charge < -0.3 is 14.1 Å². The molecule has 5 nitrogen and oxygen atoms in total. The van der Waals surface area contributed by atoms with Gasteiger partial charge in [-0.3, -0.25) is 4.57 Å². The maximum atomic E-state index is 10.9. The molecule has 7 heteroatoms. The summed E-state index contributed by atoms with van der Waals surface area (Å²) in [6.45, 7) is 4.78. The summed E-state index contributed by atoms with van der Waals surface area (Å²) in [5, 5.41) is 0. The van der Waals surface area contributed by atoms with E-state index in [-0.39, 0.29) is 6.61 Å². The van der Waals surface area contributed by atoms with E-state index in [1.807, 2.05) is 0 Å². The van der Waals surface area contributed by atoms with Crippen molar-refractivity contribution in [1.29, 1.82) is 0 Å². The summed E-state index contributed by atoms with van der Waals surface area (Å²) in [6.07, 6.45) is 0.909. The van der Waals surface area contributed by atoms with Gasteiger partial charge in [0.25, 0.3) is 0 Å². The van der Waals surface area contributed by atoms with E-state index in [9.17, 15) is 9.36 Å². The Morgan fingerprint density at radius 1 is 1.83 bits per heavy atom. The topological polar surface area (TPSA) is 72.8 Å². The third kappa shape index (κ3) is 5.13. The Morgan fingerprint density at radius 3 is 2.83 bits per heavy atom. The molecule has 0 aliphatic heterocycles. The third-order valence-electron chi connectivity index (χ3n) is 0.867. The van der Waals surface area contributed by atoms with Crippen molar-refractivity contribution in [1.82, 2.24) is 0 Å². The van der Waals surface area contributed by atoms with Crippen molar-refractivity contribution < 1.29 is 23.4 Å². The van der Waals surface area contributed by atoms with Crippen LogP contribution in [-0.2, 0) is 18.5 Å². The Bertz CT molecular complexity index is 216. The fourth-order valence-corrected chi connectivity index (χ4v) is 1.21. The van der Waals surface area contributed by atoms with Gasteiger partial charge in [-0.15, -0.1) is 0 Å². The minimum atomic E-state index is -3.75. The largest absolute Gasteiger partial charge is 0.522 e. The number of carbonyl (C=O) groups excluding carboxylic acids is 1. The molecule has 0 fully saturated rings. The highest BCUT2D eigenvalue weighted by atomic mass is 31.2. The average Bonchev–Trinajstić information content (AvgIpc) is 2.00. The SMILES string of the molecule is C=CC(=O)OBP(=O)(O)OCC. The summed E-state index contributed by atoms with van der Waals surface area (Å²) in [4.78, 5) is 19.3. The lowest BCUT2D eigenvalue weighted by molar-refractivity contribution is -0.128. The fourth-order valence-electron chi connectivity index (χ4n) is 0.443. The Morgan fingerprint density at radius 2 is 2.42 bits per heavy atom. The molecule has 0 saturated heterocycles. The molecule has 1 N–H and O–H groups in total. The summed E-state index contributed by atoms with van der Waals surface area (Å²) < 4.78 is 19.6. The minimum absolute atomic E-state index is 0.0966. The van der Waals surface area contributed by atoms with Crippen LogP contribution >= 0.6 is 7.47 Å². The summed E-state index contributed by atoms with van der Waals surface area (Å²) in [7, 11) is -4.38. The van der Waals surface area contributed by atoms with Gasteiger partial charge >= 0.3 is 20.6 Å². The lowest BCUT2D eigenvalue weighted by atomic mass is 10.5. The van der Waals surface area contributed by atoms with Crippen LogP contribution < -0.4 is 0 Å². The predicted octanol–water partition coefficient (Wildman–Crippen LogP) is 0.204. The van der Waals surface area contributed by atoms with E-state index in [2.05, 4.69) is 15.8 Å². The van der Waals surface area contributed by atoms with E-state index < -0.39 is 20.6 Å². The molecule has 12 heavy (non-hydrogen) atoms. The molecule has 0 rings (SSSR count). The van der Waals surface area contributed by atoms with Crippen LogP contribution in [0.15, 0.2) is 12.7 Å². The molecule has 0 aliphatic rings. The Labute approximate surface area is 71.1 Å². The second-order valence-electron chi connectivity index (χ2n) is 1.85. The first-order valence-electron chi connectivity index (χ1n) is 3.27. The van der Waals surface area contributed by atoms with Crippen LogP contribution in [0.5, 0.6) is 0 Å². The summed E-state index contributed by atoms with van der Waals surface area (Å²) in [5.41, 5.74) is 0. The summed E-state index contributed by atoms with van der Waals surface area (Å²) in [5.74, 6) is -0.746. The monoisotopic (exact) mass is 192 g/mol. The Hall–Kier alpha value is -0.575. The van der Waals surface area contributed by atoms with Crippen LogP contribution in [-0.4, -0.2) is 24.7 Å². The number of rotatable bonds is 5. The lowest BCUT2D eigenvalue weighted by Crippen LogP contribution is -2.07. The van der Waals surface area contributed by atoms with E-state index in [0.717, 1.165) is 6.08 Å². The number of hydrogen-bond donors (Lipinski definition) is 1. The van der Waals surface area contributed by atoms with E-state index in [1.165, 1.54) is 0 Å². The zero-order valence-electron chi connectivity index (χ0n) is 6.73. The number of carbonyl (C=O) groups is 1. The van der Waals surface area contributed by atoms with E-state index in [1.54, 1.807) is 6.92 Å². The Balaban J connectivity index is 3.83. The molecule has 0 aliphatic carbocycles. The van der Waals surface area contributed by atoms with Gasteiger partial charge in [0.2, 0.25) is 0 Å². The molecule has 0 saturated carbocycles. The van der Waals surface area contributed by atoms with E-state index >= 15 is 0 Å². The molecule has 0 radical (unpaired) electrons. The second-order valence-corrected chi connectivity index (χ2v) is 3.64. The first kappa shape index (κ1) is 11.4. The predicted molar refractivity (Wildman–Crippen MR) is 44.9 cm³/mol. The summed E-state index contributed by atoms with van der Waals surface area (Å²) >= 11 is 0. The normalized spacial score (nSPS) is 14.5. The standard InChI is InChI=1S/C5H10BO5P/c1-3-5(7)11-6-12(8,9)10-4-2/h3,6H,1,4H2,2H3,(H,8,9). The van der Waals surface area contributed by atoms with Crippen molar-refractivity contribution in [2.75, 3.05) is 6.61 Å². The highest BCUT2D eigenvalue weighted by molar-refractivity contribution is 7.81. The van der Waals surface area contributed by atoms with Crippen molar-refractivity contribution in [2.24, 2.45) is 0 Å². The molecule has 0 amide bonds. The van der Waals surface area contributed by atoms with Crippen molar-refractivity contribution in [3.63, 3.8) is 0 Å². The molecular formula is C5H10BO5P. The zero-order chi connectivity index (χ0) is 9.61. The van der Waals surface area contributed by atoms with Gasteiger partial charge in [0.15, 0.2) is 0 Å².